The van der Waals surface area contributed by atoms with E-state index in [1.165, 1.54) is 12.8 Å². The normalized spacial score (nSPS) is 10.1. The summed E-state index contributed by atoms with van der Waals surface area (Å²) in [4.78, 5) is 24.7. The van der Waals surface area contributed by atoms with Crippen molar-refractivity contribution in [3.63, 3.8) is 0 Å². The van der Waals surface area contributed by atoms with Gasteiger partial charge in [-0.25, -0.2) is 0 Å². The van der Waals surface area contributed by atoms with Crippen molar-refractivity contribution in [2.45, 2.75) is 12.8 Å². The van der Waals surface area contributed by atoms with Crippen LogP contribution < -0.4 is 14.4 Å². The molecular formula is C20H23NO5. The molecule has 0 aliphatic heterocycles. The van der Waals surface area contributed by atoms with Crippen molar-refractivity contribution in [2.75, 3.05) is 32.2 Å². The van der Waals surface area contributed by atoms with Gasteiger partial charge in [-0.3, -0.25) is 9.59 Å². The molecule has 0 spiro atoms. The summed E-state index contributed by atoms with van der Waals surface area (Å²) in [5.41, 5.74) is 1.17. The summed E-state index contributed by atoms with van der Waals surface area (Å²) in [6, 6.07) is 16.9. The Morgan fingerprint density at radius 1 is 0.923 bits per heavy atom. The third kappa shape index (κ3) is 6.47. The van der Waals surface area contributed by atoms with Crippen molar-refractivity contribution in [1.29, 1.82) is 0 Å². The lowest BCUT2D eigenvalue weighted by molar-refractivity contribution is -0.148. The molecule has 6 heteroatoms. The number of hydrogen-bond donors (Lipinski definition) is 0. The fourth-order valence-electron chi connectivity index (χ4n) is 2.26. The van der Waals surface area contributed by atoms with Gasteiger partial charge in [-0.15, -0.1) is 0 Å². The molecule has 0 aliphatic rings. The van der Waals surface area contributed by atoms with Gasteiger partial charge in [0.2, 0.25) is 0 Å². The number of rotatable bonds is 9. The van der Waals surface area contributed by atoms with E-state index in [0.717, 1.165) is 13.0 Å². The molecule has 0 amide bonds. The first-order valence-electron chi connectivity index (χ1n) is 8.35. The Balaban J connectivity index is 1.70. The van der Waals surface area contributed by atoms with Crippen LogP contribution in [0.3, 0.4) is 0 Å². The Labute approximate surface area is 153 Å². The van der Waals surface area contributed by atoms with E-state index in [-0.39, 0.29) is 0 Å². The van der Waals surface area contributed by atoms with Gasteiger partial charge in [-0.05, 0) is 42.8 Å². The Morgan fingerprint density at radius 3 is 2.23 bits per heavy atom. The first-order valence-corrected chi connectivity index (χ1v) is 8.35. The number of para-hydroxylation sites is 1. The molecule has 0 N–H and O–H groups in total. The maximum absolute atomic E-state index is 11.5. The molecule has 0 saturated carbocycles. The molecule has 0 saturated heterocycles. The van der Waals surface area contributed by atoms with Crippen molar-refractivity contribution < 1.29 is 23.8 Å². The smallest absolute Gasteiger partial charge is 0.322 e. The van der Waals surface area contributed by atoms with Gasteiger partial charge in [0, 0.05) is 19.3 Å². The molecule has 0 aliphatic carbocycles. The van der Waals surface area contributed by atoms with Crippen molar-refractivity contribution in [3.05, 3.63) is 54.6 Å². The molecule has 0 heterocycles. The first kappa shape index (κ1) is 19.3. The highest BCUT2D eigenvalue weighted by Crippen LogP contribution is 2.18. The number of ether oxygens (including phenoxy) is 3. The van der Waals surface area contributed by atoms with Gasteiger partial charge in [0.1, 0.15) is 17.9 Å². The molecule has 2 aromatic carbocycles. The summed E-state index contributed by atoms with van der Waals surface area (Å²) in [7, 11) is 3.27. The first-order chi connectivity index (χ1) is 12.6. The monoisotopic (exact) mass is 357 g/mol. The van der Waals surface area contributed by atoms with E-state index in [1.54, 1.807) is 24.3 Å². The van der Waals surface area contributed by atoms with E-state index in [0.29, 0.717) is 18.1 Å². The number of hydrogen-bond acceptors (Lipinski definition) is 6. The quantitative estimate of drug-likeness (QED) is 0.297. The lowest BCUT2D eigenvalue weighted by Gasteiger charge is -2.19. The van der Waals surface area contributed by atoms with E-state index in [4.69, 9.17) is 9.47 Å². The van der Waals surface area contributed by atoms with Crippen LogP contribution in [0.1, 0.15) is 12.8 Å². The van der Waals surface area contributed by atoms with Crippen LogP contribution in [0.25, 0.3) is 0 Å². The van der Waals surface area contributed by atoms with Crippen molar-refractivity contribution in [3.8, 4) is 11.5 Å². The van der Waals surface area contributed by atoms with Crippen molar-refractivity contribution in [1.82, 2.24) is 0 Å². The molecule has 0 atom stereocenters. The van der Waals surface area contributed by atoms with Gasteiger partial charge in [0.25, 0.3) is 0 Å². The zero-order valence-electron chi connectivity index (χ0n) is 15.0. The predicted octanol–water partition coefficient (Wildman–Crippen LogP) is 3.06. The minimum atomic E-state index is -0.658. The number of esters is 2. The highest BCUT2D eigenvalue weighted by molar-refractivity contribution is 5.92. The fraction of sp³-hybridized carbons (Fsp3) is 0.300. The number of methoxy groups -OCH3 is 1. The van der Waals surface area contributed by atoms with Crippen LogP contribution in [0.5, 0.6) is 11.5 Å². The number of carbonyl (C=O) groups excluding carboxylic acids is 2. The topological polar surface area (TPSA) is 65.1 Å². The van der Waals surface area contributed by atoms with Gasteiger partial charge in [0.05, 0.1) is 13.7 Å². The van der Waals surface area contributed by atoms with Crippen LogP contribution in [0.15, 0.2) is 54.6 Å². The van der Waals surface area contributed by atoms with Gasteiger partial charge in [-0.2, -0.15) is 0 Å². The zero-order valence-corrected chi connectivity index (χ0v) is 15.0. The average Bonchev–Trinajstić information content (AvgIpc) is 2.66. The minimum Gasteiger partial charge on any atom is -0.494 e. The average molecular weight is 357 g/mol. The second-order valence-corrected chi connectivity index (χ2v) is 5.66. The standard InChI is InChI=1S/C20H23NO5/c1-21(16-7-4-3-5-8-16)13-6-14-25-17-9-11-18(12-10-17)26-20(23)15-19(22)24-2/h3-5,7-12H,6,13-15H2,1-2H3. The van der Waals surface area contributed by atoms with E-state index in [2.05, 4.69) is 21.8 Å². The molecule has 0 fully saturated rings. The molecule has 26 heavy (non-hydrogen) atoms. The zero-order chi connectivity index (χ0) is 18.8. The third-order valence-corrected chi connectivity index (χ3v) is 3.68. The van der Waals surface area contributed by atoms with Gasteiger partial charge in [-0.1, -0.05) is 18.2 Å². The third-order valence-electron chi connectivity index (χ3n) is 3.68. The molecule has 2 aromatic rings. The van der Waals surface area contributed by atoms with E-state index < -0.39 is 18.4 Å². The predicted molar refractivity (Wildman–Crippen MR) is 98.5 cm³/mol. The SMILES string of the molecule is COC(=O)CC(=O)Oc1ccc(OCCCN(C)c2ccccc2)cc1. The summed E-state index contributed by atoms with van der Waals surface area (Å²) >= 11 is 0. The van der Waals surface area contributed by atoms with Crippen LogP contribution in [0.4, 0.5) is 5.69 Å². The van der Waals surface area contributed by atoms with Crippen molar-refractivity contribution in [2.24, 2.45) is 0 Å². The van der Waals surface area contributed by atoms with Gasteiger partial charge >= 0.3 is 11.9 Å². The molecule has 0 unspecified atom stereocenters. The molecule has 2 rings (SSSR count). The summed E-state index contributed by atoms with van der Waals surface area (Å²) < 4.78 is 15.2. The Morgan fingerprint density at radius 2 is 1.58 bits per heavy atom. The van der Waals surface area contributed by atoms with E-state index in [9.17, 15) is 9.59 Å². The molecule has 0 bridgehead atoms. The summed E-state index contributed by atoms with van der Waals surface area (Å²) in [5.74, 6) is -0.236. The lowest BCUT2D eigenvalue weighted by Crippen LogP contribution is -2.20. The Bertz CT molecular complexity index is 700. The Kier molecular flexibility index (Phi) is 7.49. The summed E-state index contributed by atoms with van der Waals surface area (Å²) in [6.07, 6.45) is 0.463. The number of anilines is 1. The van der Waals surface area contributed by atoms with Gasteiger partial charge < -0.3 is 19.1 Å². The van der Waals surface area contributed by atoms with Crippen LogP contribution in [-0.4, -0.2) is 39.2 Å². The maximum Gasteiger partial charge on any atom is 0.322 e. The number of nitrogens with zero attached hydrogens (tertiary/aromatic N) is 1. The molecular weight excluding hydrogens is 334 g/mol. The van der Waals surface area contributed by atoms with E-state index >= 15 is 0 Å². The van der Waals surface area contributed by atoms with Crippen LogP contribution >= 0.6 is 0 Å². The van der Waals surface area contributed by atoms with Crippen LogP contribution in [0.2, 0.25) is 0 Å². The summed E-state index contributed by atoms with van der Waals surface area (Å²) in [6.45, 7) is 1.46. The second kappa shape index (κ2) is 10.1. The van der Waals surface area contributed by atoms with Crippen LogP contribution in [0, 0.1) is 0 Å². The molecule has 138 valence electrons. The lowest BCUT2D eigenvalue weighted by atomic mass is 10.3. The van der Waals surface area contributed by atoms with Gasteiger partial charge in [0.15, 0.2) is 0 Å². The highest BCUT2D eigenvalue weighted by atomic mass is 16.5. The maximum atomic E-state index is 11.5. The molecule has 6 nitrogen and oxygen atoms in total. The van der Waals surface area contributed by atoms with Crippen molar-refractivity contribution >= 4 is 17.6 Å². The second-order valence-electron chi connectivity index (χ2n) is 5.66. The number of carbonyl (C=O) groups is 2. The highest BCUT2D eigenvalue weighted by Gasteiger charge is 2.11. The van der Waals surface area contributed by atoms with Crippen LogP contribution in [-0.2, 0) is 14.3 Å². The largest absolute Gasteiger partial charge is 0.494 e. The Hall–Kier alpha value is -3.02. The fourth-order valence-corrected chi connectivity index (χ4v) is 2.26. The number of benzene rings is 2. The minimum absolute atomic E-state index is 0.357. The van der Waals surface area contributed by atoms with E-state index in [1.807, 2.05) is 25.2 Å². The molecule has 0 radical (unpaired) electrons. The molecule has 0 aromatic heterocycles. The summed E-state index contributed by atoms with van der Waals surface area (Å²) in [5, 5.41) is 0.